The first kappa shape index (κ1) is 29.7. The molecule has 0 spiro atoms. The summed E-state index contributed by atoms with van der Waals surface area (Å²) in [6, 6.07) is 16.1. The van der Waals surface area contributed by atoms with E-state index < -0.39 is 47.7 Å². The van der Waals surface area contributed by atoms with E-state index in [1.807, 2.05) is 35.2 Å². The quantitative estimate of drug-likeness (QED) is 0.282. The molecule has 1 heterocycles. The Bertz CT molecular complexity index is 1350. The number of ether oxygens (including phenoxy) is 1. The standard InChI is InChI=1S/C28H26F6N4O3/c29-27(30,31)19-8-4-10-21(14-19)35-25(39)37-23-12-13-38(16-18-6-2-1-3-7-18)17-24(23)41-26(40)36-22-11-5-9-20(15-22)28(32,33)34/h1-11,14-15,23-24H,12-13,16-17H2,(H,36,40)(H2,35,37,39)/t23-,24-/m0/s1. The second kappa shape index (κ2) is 12.5. The van der Waals surface area contributed by atoms with E-state index in [-0.39, 0.29) is 17.9 Å². The van der Waals surface area contributed by atoms with Crippen LogP contribution in [0.4, 0.5) is 47.3 Å². The maximum Gasteiger partial charge on any atom is 0.416 e. The zero-order valence-corrected chi connectivity index (χ0v) is 21.4. The van der Waals surface area contributed by atoms with Crippen LogP contribution in [0.1, 0.15) is 23.1 Å². The van der Waals surface area contributed by atoms with Crippen molar-refractivity contribution in [3.05, 3.63) is 95.6 Å². The first-order valence-electron chi connectivity index (χ1n) is 12.5. The van der Waals surface area contributed by atoms with Gasteiger partial charge in [-0.05, 0) is 48.4 Å². The molecule has 3 amide bonds. The average molecular weight is 581 g/mol. The van der Waals surface area contributed by atoms with Gasteiger partial charge in [0.2, 0.25) is 0 Å². The molecule has 41 heavy (non-hydrogen) atoms. The number of hydrogen-bond donors (Lipinski definition) is 3. The van der Waals surface area contributed by atoms with Crippen LogP contribution in [0.5, 0.6) is 0 Å². The van der Waals surface area contributed by atoms with Crippen molar-refractivity contribution in [2.45, 2.75) is 37.5 Å². The van der Waals surface area contributed by atoms with Crippen LogP contribution in [0.15, 0.2) is 78.9 Å². The zero-order valence-electron chi connectivity index (χ0n) is 21.4. The molecule has 0 saturated carbocycles. The second-order valence-electron chi connectivity index (χ2n) is 9.44. The van der Waals surface area contributed by atoms with Crippen LogP contribution in [0.2, 0.25) is 0 Å². The molecule has 2 atom stereocenters. The van der Waals surface area contributed by atoms with Gasteiger partial charge in [0, 0.05) is 31.0 Å². The summed E-state index contributed by atoms with van der Waals surface area (Å²) >= 11 is 0. The van der Waals surface area contributed by atoms with Crippen LogP contribution in [-0.2, 0) is 23.6 Å². The summed E-state index contributed by atoms with van der Waals surface area (Å²) in [7, 11) is 0. The maximum absolute atomic E-state index is 13.1. The van der Waals surface area contributed by atoms with Crippen LogP contribution in [0.3, 0.4) is 0 Å². The third kappa shape index (κ3) is 8.61. The molecule has 1 saturated heterocycles. The molecule has 1 aliphatic heterocycles. The van der Waals surface area contributed by atoms with Crippen molar-refractivity contribution < 1.29 is 40.7 Å². The number of nitrogens with one attached hydrogen (secondary N) is 3. The highest BCUT2D eigenvalue weighted by atomic mass is 19.4. The number of benzene rings is 3. The number of carbonyl (C=O) groups is 2. The van der Waals surface area contributed by atoms with E-state index in [0.29, 0.717) is 19.5 Å². The Hall–Kier alpha value is -4.26. The van der Waals surface area contributed by atoms with Gasteiger partial charge in [0.05, 0.1) is 17.2 Å². The molecule has 3 N–H and O–H groups in total. The van der Waals surface area contributed by atoms with Crippen LogP contribution >= 0.6 is 0 Å². The van der Waals surface area contributed by atoms with Crippen LogP contribution in [0, 0.1) is 0 Å². The largest absolute Gasteiger partial charge is 0.442 e. The van der Waals surface area contributed by atoms with E-state index in [2.05, 4.69) is 16.0 Å². The lowest BCUT2D eigenvalue weighted by Gasteiger charge is -2.38. The van der Waals surface area contributed by atoms with Gasteiger partial charge >= 0.3 is 24.5 Å². The van der Waals surface area contributed by atoms with E-state index in [1.165, 1.54) is 12.1 Å². The van der Waals surface area contributed by atoms with Crippen LogP contribution in [0.25, 0.3) is 0 Å². The summed E-state index contributed by atoms with van der Waals surface area (Å²) in [6.45, 7) is 1.19. The molecule has 13 heteroatoms. The van der Waals surface area contributed by atoms with Gasteiger partial charge in [-0.15, -0.1) is 0 Å². The van der Waals surface area contributed by atoms with Crippen LogP contribution < -0.4 is 16.0 Å². The van der Waals surface area contributed by atoms with E-state index >= 15 is 0 Å². The molecule has 0 bridgehead atoms. The Morgan fingerprint density at radius 3 is 1.98 bits per heavy atom. The van der Waals surface area contributed by atoms with Crippen molar-refractivity contribution in [3.63, 3.8) is 0 Å². The van der Waals surface area contributed by atoms with Crippen LogP contribution in [-0.4, -0.2) is 42.3 Å². The summed E-state index contributed by atoms with van der Waals surface area (Å²) in [6.07, 6.45) is -10.8. The highest BCUT2D eigenvalue weighted by Crippen LogP contribution is 2.32. The monoisotopic (exact) mass is 580 g/mol. The average Bonchev–Trinajstić information content (AvgIpc) is 2.90. The molecule has 3 aromatic rings. The number of piperidine rings is 1. The van der Waals surface area contributed by atoms with Crippen molar-refractivity contribution >= 4 is 23.5 Å². The van der Waals surface area contributed by atoms with Gasteiger partial charge < -0.3 is 15.4 Å². The molecule has 218 valence electrons. The van der Waals surface area contributed by atoms with Gasteiger partial charge in [0.1, 0.15) is 6.10 Å². The van der Waals surface area contributed by atoms with E-state index in [1.54, 1.807) is 0 Å². The lowest BCUT2D eigenvalue weighted by atomic mass is 10.0. The fourth-order valence-electron chi connectivity index (χ4n) is 4.42. The maximum atomic E-state index is 13.1. The highest BCUT2D eigenvalue weighted by molar-refractivity contribution is 5.89. The fourth-order valence-corrected chi connectivity index (χ4v) is 4.42. The summed E-state index contributed by atoms with van der Waals surface area (Å²) in [4.78, 5) is 27.4. The van der Waals surface area contributed by atoms with Gasteiger partial charge in [-0.25, -0.2) is 9.59 Å². The number of carbonyl (C=O) groups excluding carboxylic acids is 2. The van der Waals surface area contributed by atoms with Gasteiger partial charge in [0.25, 0.3) is 0 Å². The summed E-state index contributed by atoms with van der Waals surface area (Å²) in [5.41, 5.74) is -1.11. The SMILES string of the molecule is O=C(Nc1cccc(C(F)(F)F)c1)N[C@H]1CCN(Cc2ccccc2)C[C@@H]1OC(=O)Nc1cccc(C(F)(F)F)c1. The number of likely N-dealkylation sites (tertiary alicyclic amines) is 1. The number of amides is 3. The lowest BCUT2D eigenvalue weighted by Crippen LogP contribution is -2.56. The number of alkyl halides is 6. The van der Waals surface area contributed by atoms with E-state index in [9.17, 15) is 35.9 Å². The smallest absolute Gasteiger partial charge is 0.416 e. The van der Waals surface area contributed by atoms with Crippen molar-refractivity contribution in [3.8, 4) is 0 Å². The molecule has 0 unspecified atom stereocenters. The molecule has 1 aliphatic rings. The number of anilines is 2. The molecule has 4 rings (SSSR count). The van der Waals surface area contributed by atoms with Gasteiger partial charge in [-0.1, -0.05) is 42.5 Å². The topological polar surface area (TPSA) is 82.7 Å². The molecule has 0 aromatic heterocycles. The molecule has 3 aromatic carbocycles. The highest BCUT2D eigenvalue weighted by Gasteiger charge is 2.35. The molecule has 1 fully saturated rings. The van der Waals surface area contributed by atoms with Crippen molar-refractivity contribution in [2.75, 3.05) is 23.7 Å². The predicted octanol–water partition coefficient (Wildman–Crippen LogP) is 6.74. The summed E-state index contributed by atoms with van der Waals surface area (Å²) < 4.78 is 83.8. The molecule has 7 nitrogen and oxygen atoms in total. The number of nitrogens with zero attached hydrogens (tertiary/aromatic N) is 1. The third-order valence-electron chi connectivity index (χ3n) is 6.35. The minimum absolute atomic E-state index is 0.0846. The Labute approximate surface area is 231 Å². The Morgan fingerprint density at radius 2 is 1.39 bits per heavy atom. The molecular formula is C28H26F6N4O3. The minimum Gasteiger partial charge on any atom is -0.442 e. The Kier molecular flexibility index (Phi) is 9.06. The number of hydrogen-bond acceptors (Lipinski definition) is 4. The molecule has 0 radical (unpaired) electrons. The molecular weight excluding hydrogens is 554 g/mol. The van der Waals surface area contributed by atoms with E-state index in [0.717, 1.165) is 42.0 Å². The van der Waals surface area contributed by atoms with Gasteiger partial charge in [-0.2, -0.15) is 26.3 Å². The second-order valence-corrected chi connectivity index (χ2v) is 9.44. The summed E-state index contributed by atoms with van der Waals surface area (Å²) in [5, 5.41) is 7.29. The summed E-state index contributed by atoms with van der Waals surface area (Å²) in [5.74, 6) is 0. The fraction of sp³-hybridized carbons (Fsp3) is 0.286. The van der Waals surface area contributed by atoms with Crippen molar-refractivity contribution in [2.24, 2.45) is 0 Å². The Balaban J connectivity index is 1.45. The Morgan fingerprint density at radius 1 is 0.805 bits per heavy atom. The first-order valence-corrected chi connectivity index (χ1v) is 12.5. The van der Waals surface area contributed by atoms with Crippen molar-refractivity contribution in [1.82, 2.24) is 10.2 Å². The number of rotatable bonds is 6. The van der Waals surface area contributed by atoms with Crippen molar-refractivity contribution in [1.29, 1.82) is 0 Å². The van der Waals surface area contributed by atoms with Gasteiger partial charge in [0.15, 0.2) is 0 Å². The zero-order chi connectivity index (χ0) is 29.6. The van der Waals surface area contributed by atoms with E-state index in [4.69, 9.17) is 4.74 Å². The normalized spacial score (nSPS) is 17.9. The number of urea groups is 1. The predicted molar refractivity (Wildman–Crippen MR) is 139 cm³/mol. The minimum atomic E-state index is -4.61. The van der Waals surface area contributed by atoms with Gasteiger partial charge in [-0.3, -0.25) is 10.2 Å². The first-order chi connectivity index (χ1) is 19.4. The molecule has 0 aliphatic carbocycles. The lowest BCUT2D eigenvalue weighted by molar-refractivity contribution is -0.138. The number of halogens is 6. The third-order valence-corrected chi connectivity index (χ3v) is 6.35.